The van der Waals surface area contributed by atoms with Gasteiger partial charge in [0.2, 0.25) is 0 Å². The van der Waals surface area contributed by atoms with Crippen molar-refractivity contribution in [3.8, 4) is 5.69 Å². The summed E-state index contributed by atoms with van der Waals surface area (Å²) >= 11 is 6.23. The van der Waals surface area contributed by atoms with Gasteiger partial charge in [-0.15, -0.1) is 0 Å². The topological polar surface area (TPSA) is 38.1 Å². The Bertz CT molecular complexity index is 975. The molecule has 0 bridgehead atoms. The van der Waals surface area contributed by atoms with Crippen LogP contribution in [0.5, 0.6) is 0 Å². The first-order valence-electron chi connectivity index (χ1n) is 8.57. The molecule has 0 spiro atoms. The van der Waals surface area contributed by atoms with Gasteiger partial charge in [0.15, 0.2) is 0 Å². The van der Waals surface area contributed by atoms with Crippen molar-refractivity contribution in [2.24, 2.45) is 11.8 Å². The van der Waals surface area contributed by atoms with E-state index < -0.39 is 0 Å². The fourth-order valence-electron chi connectivity index (χ4n) is 3.36. The van der Waals surface area contributed by atoms with Crippen LogP contribution in [0.4, 0.5) is 5.82 Å². The molecular formula is C20H20ClN3O. The predicted octanol–water partition coefficient (Wildman–Crippen LogP) is 4.13. The Labute approximate surface area is 151 Å². The maximum Gasteiger partial charge on any atom is 0.354 e. The molecule has 0 saturated carbocycles. The van der Waals surface area contributed by atoms with E-state index in [0.717, 1.165) is 35.5 Å². The van der Waals surface area contributed by atoms with Crippen LogP contribution in [0.1, 0.15) is 13.8 Å². The Kier molecular flexibility index (Phi) is 4.00. The third-order valence-electron chi connectivity index (χ3n) is 5.00. The summed E-state index contributed by atoms with van der Waals surface area (Å²) in [6, 6.07) is 15.2. The lowest BCUT2D eigenvalue weighted by Gasteiger charge is -2.42. The van der Waals surface area contributed by atoms with Gasteiger partial charge in [0.1, 0.15) is 5.82 Å². The first kappa shape index (κ1) is 16.2. The van der Waals surface area contributed by atoms with E-state index >= 15 is 0 Å². The zero-order valence-corrected chi connectivity index (χ0v) is 15.1. The van der Waals surface area contributed by atoms with Crippen LogP contribution in [0.25, 0.3) is 16.6 Å². The van der Waals surface area contributed by atoms with Gasteiger partial charge in [-0.05, 0) is 42.2 Å². The predicted molar refractivity (Wildman–Crippen MR) is 103 cm³/mol. The summed E-state index contributed by atoms with van der Waals surface area (Å²) in [5, 5.41) is 1.56. The SMILES string of the molecule is CC(C)C1CN(c2nc(=O)n(-c3ccccc3)c3cc(Cl)ccc23)C1. The second-order valence-corrected chi connectivity index (χ2v) is 7.40. The van der Waals surface area contributed by atoms with E-state index in [1.165, 1.54) is 0 Å². The lowest BCUT2D eigenvalue weighted by molar-refractivity contribution is 0.308. The van der Waals surface area contributed by atoms with E-state index in [2.05, 4.69) is 23.7 Å². The number of halogens is 1. The van der Waals surface area contributed by atoms with Crippen molar-refractivity contribution < 1.29 is 0 Å². The van der Waals surface area contributed by atoms with Gasteiger partial charge in [0.05, 0.1) is 11.2 Å². The van der Waals surface area contributed by atoms with Gasteiger partial charge >= 0.3 is 5.69 Å². The highest BCUT2D eigenvalue weighted by Gasteiger charge is 2.31. The van der Waals surface area contributed by atoms with Gasteiger partial charge in [-0.1, -0.05) is 43.6 Å². The quantitative estimate of drug-likeness (QED) is 0.710. The normalized spacial score (nSPS) is 15.0. The fourth-order valence-corrected chi connectivity index (χ4v) is 3.52. The molecule has 2 aromatic carbocycles. The Morgan fingerprint density at radius 2 is 1.84 bits per heavy atom. The number of hydrogen-bond donors (Lipinski definition) is 0. The maximum atomic E-state index is 12.8. The molecular weight excluding hydrogens is 334 g/mol. The third kappa shape index (κ3) is 2.81. The van der Waals surface area contributed by atoms with Crippen molar-refractivity contribution >= 4 is 28.3 Å². The van der Waals surface area contributed by atoms with Gasteiger partial charge in [-0.25, -0.2) is 4.79 Å². The van der Waals surface area contributed by atoms with Crippen molar-refractivity contribution in [3.05, 3.63) is 64.0 Å². The second kappa shape index (κ2) is 6.19. The molecule has 0 radical (unpaired) electrons. The molecule has 3 aromatic rings. The van der Waals surface area contributed by atoms with Crippen molar-refractivity contribution in [1.29, 1.82) is 0 Å². The summed E-state index contributed by atoms with van der Waals surface area (Å²) in [5.74, 6) is 2.06. The van der Waals surface area contributed by atoms with Crippen LogP contribution >= 0.6 is 11.6 Å². The molecule has 1 aromatic heterocycles. The van der Waals surface area contributed by atoms with Gasteiger partial charge < -0.3 is 4.90 Å². The standard InChI is InChI=1S/C20H20ClN3O/c1-13(2)14-11-23(12-14)19-17-9-8-15(21)10-18(17)24(20(25)22-19)16-6-4-3-5-7-16/h3-10,13-14H,11-12H2,1-2H3. The van der Waals surface area contributed by atoms with Gasteiger partial charge in [-0.3, -0.25) is 4.57 Å². The minimum atomic E-state index is -0.274. The highest BCUT2D eigenvalue weighted by Crippen LogP contribution is 2.33. The van der Waals surface area contributed by atoms with Crippen LogP contribution in [-0.4, -0.2) is 22.6 Å². The Morgan fingerprint density at radius 3 is 2.52 bits per heavy atom. The average molecular weight is 354 g/mol. The molecule has 1 fully saturated rings. The molecule has 4 nitrogen and oxygen atoms in total. The van der Waals surface area contributed by atoms with Gasteiger partial charge in [-0.2, -0.15) is 4.98 Å². The van der Waals surface area contributed by atoms with Crippen LogP contribution in [0.2, 0.25) is 5.02 Å². The molecule has 0 amide bonds. The smallest absolute Gasteiger partial charge is 0.354 e. The summed E-state index contributed by atoms with van der Waals surface area (Å²) in [6.45, 7) is 6.36. The van der Waals surface area contributed by atoms with E-state index in [0.29, 0.717) is 16.9 Å². The van der Waals surface area contributed by atoms with Crippen molar-refractivity contribution in [2.45, 2.75) is 13.8 Å². The number of benzene rings is 2. The number of hydrogen-bond acceptors (Lipinski definition) is 3. The van der Waals surface area contributed by atoms with Crippen molar-refractivity contribution in [3.63, 3.8) is 0 Å². The van der Waals surface area contributed by atoms with Crippen LogP contribution in [0.3, 0.4) is 0 Å². The van der Waals surface area contributed by atoms with Crippen LogP contribution in [0, 0.1) is 11.8 Å². The second-order valence-electron chi connectivity index (χ2n) is 6.96. The lowest BCUT2D eigenvalue weighted by Crippen LogP contribution is -2.50. The number of anilines is 1. The van der Waals surface area contributed by atoms with Crippen molar-refractivity contribution in [2.75, 3.05) is 18.0 Å². The molecule has 1 saturated heterocycles. The molecule has 0 N–H and O–H groups in total. The number of para-hydroxylation sites is 1. The zero-order chi connectivity index (χ0) is 17.6. The molecule has 128 valence electrons. The summed E-state index contributed by atoms with van der Waals surface area (Å²) in [4.78, 5) is 19.4. The Morgan fingerprint density at radius 1 is 1.12 bits per heavy atom. The molecule has 0 aliphatic carbocycles. The number of aromatic nitrogens is 2. The molecule has 2 heterocycles. The van der Waals surface area contributed by atoms with E-state index in [1.807, 2.05) is 48.5 Å². The van der Waals surface area contributed by atoms with Crippen molar-refractivity contribution in [1.82, 2.24) is 9.55 Å². The summed E-state index contributed by atoms with van der Waals surface area (Å²) in [5.41, 5.74) is 1.31. The Hall–Kier alpha value is -2.33. The zero-order valence-electron chi connectivity index (χ0n) is 14.3. The molecule has 1 aliphatic rings. The fraction of sp³-hybridized carbons (Fsp3) is 0.300. The highest BCUT2D eigenvalue weighted by molar-refractivity contribution is 6.31. The van der Waals surface area contributed by atoms with E-state index in [4.69, 9.17) is 11.6 Å². The molecule has 0 unspecified atom stereocenters. The summed E-state index contributed by atoms with van der Waals surface area (Å²) < 4.78 is 1.63. The molecule has 1 aliphatic heterocycles. The Balaban J connectivity index is 1.89. The maximum absolute atomic E-state index is 12.8. The van der Waals surface area contributed by atoms with Crippen LogP contribution in [-0.2, 0) is 0 Å². The molecule has 0 atom stereocenters. The molecule has 4 rings (SSSR count). The number of nitrogens with zero attached hydrogens (tertiary/aromatic N) is 3. The summed E-state index contributed by atoms with van der Waals surface area (Å²) in [6.07, 6.45) is 0. The van der Waals surface area contributed by atoms with Gasteiger partial charge in [0, 0.05) is 23.5 Å². The lowest BCUT2D eigenvalue weighted by atomic mass is 9.88. The third-order valence-corrected chi connectivity index (χ3v) is 5.24. The largest absolute Gasteiger partial charge is 0.355 e. The van der Waals surface area contributed by atoms with Crippen LogP contribution in [0.15, 0.2) is 53.3 Å². The summed E-state index contributed by atoms with van der Waals surface area (Å²) in [7, 11) is 0. The first-order chi connectivity index (χ1) is 12.0. The minimum absolute atomic E-state index is 0.274. The number of fused-ring (bicyclic) bond motifs is 1. The first-order valence-corrected chi connectivity index (χ1v) is 8.95. The van der Waals surface area contributed by atoms with Gasteiger partial charge in [0.25, 0.3) is 0 Å². The minimum Gasteiger partial charge on any atom is -0.355 e. The van der Waals surface area contributed by atoms with E-state index in [1.54, 1.807) is 4.57 Å². The average Bonchev–Trinajstić information content (AvgIpc) is 2.53. The van der Waals surface area contributed by atoms with E-state index in [-0.39, 0.29) is 5.69 Å². The molecule has 5 heteroatoms. The monoisotopic (exact) mass is 353 g/mol. The number of rotatable bonds is 3. The van der Waals surface area contributed by atoms with Crippen LogP contribution < -0.4 is 10.6 Å². The van der Waals surface area contributed by atoms with E-state index in [9.17, 15) is 4.79 Å². The molecule has 25 heavy (non-hydrogen) atoms. The highest BCUT2D eigenvalue weighted by atomic mass is 35.5.